The topological polar surface area (TPSA) is 53.9 Å². The van der Waals surface area contributed by atoms with E-state index in [1.165, 1.54) is 5.01 Å². The van der Waals surface area contributed by atoms with Gasteiger partial charge in [0, 0.05) is 49.1 Å². The number of rotatable bonds is 4. The first-order valence-electron chi connectivity index (χ1n) is 6.97. The van der Waals surface area contributed by atoms with Crippen LogP contribution in [0.3, 0.4) is 0 Å². The molecular formula is C14H19N5S. The summed E-state index contributed by atoms with van der Waals surface area (Å²) < 4.78 is 0. The molecule has 5 nitrogen and oxygen atoms in total. The Hall–Kier alpha value is -1.53. The first-order chi connectivity index (χ1) is 9.81. The van der Waals surface area contributed by atoms with Gasteiger partial charge in [0.15, 0.2) is 0 Å². The number of nitrogens with zero attached hydrogens (tertiary/aromatic N) is 4. The van der Waals surface area contributed by atoms with E-state index in [-0.39, 0.29) is 0 Å². The molecule has 1 aliphatic heterocycles. The lowest BCUT2D eigenvalue weighted by Crippen LogP contribution is -2.42. The molecule has 6 heteroatoms. The number of anilines is 1. The molecule has 1 aliphatic rings. The van der Waals surface area contributed by atoms with E-state index >= 15 is 0 Å². The van der Waals surface area contributed by atoms with Crippen LogP contribution in [-0.4, -0.2) is 34.1 Å². The maximum absolute atomic E-state index is 4.48. The van der Waals surface area contributed by atoms with Gasteiger partial charge in [-0.25, -0.2) is 15.0 Å². The minimum Gasteiger partial charge on any atom is -0.341 e. The second-order valence-corrected chi connectivity index (χ2v) is 6.02. The van der Waals surface area contributed by atoms with E-state index in [4.69, 9.17) is 0 Å². The van der Waals surface area contributed by atoms with Gasteiger partial charge < -0.3 is 10.2 Å². The monoisotopic (exact) mass is 289 g/mol. The van der Waals surface area contributed by atoms with Crippen molar-refractivity contribution in [3.63, 3.8) is 0 Å². The molecule has 0 amide bonds. The zero-order chi connectivity index (χ0) is 13.8. The minimum atomic E-state index is 0.569. The summed E-state index contributed by atoms with van der Waals surface area (Å²) in [5, 5.41) is 6.88. The highest BCUT2D eigenvalue weighted by atomic mass is 32.1. The van der Waals surface area contributed by atoms with Gasteiger partial charge in [-0.05, 0) is 25.8 Å². The van der Waals surface area contributed by atoms with Crippen molar-refractivity contribution >= 4 is 17.3 Å². The highest BCUT2D eigenvalue weighted by Gasteiger charge is 2.20. The molecule has 0 aliphatic carbocycles. The Morgan fingerprint density at radius 3 is 2.70 bits per heavy atom. The number of thiazole rings is 1. The summed E-state index contributed by atoms with van der Waals surface area (Å²) in [6.07, 6.45) is 5.86. The summed E-state index contributed by atoms with van der Waals surface area (Å²) in [4.78, 5) is 15.4. The summed E-state index contributed by atoms with van der Waals surface area (Å²) in [7, 11) is 0. The maximum Gasteiger partial charge on any atom is 0.225 e. The summed E-state index contributed by atoms with van der Waals surface area (Å²) >= 11 is 1.73. The lowest BCUT2D eigenvalue weighted by atomic mass is 10.1. The van der Waals surface area contributed by atoms with Crippen LogP contribution in [0.2, 0.25) is 0 Å². The fourth-order valence-electron chi connectivity index (χ4n) is 2.45. The normalized spacial score (nSPS) is 16.6. The average Bonchev–Trinajstić information content (AvgIpc) is 2.92. The van der Waals surface area contributed by atoms with E-state index < -0.39 is 0 Å². The molecule has 106 valence electrons. The Bertz CT molecular complexity index is 534. The Balaban J connectivity index is 1.47. The average molecular weight is 289 g/mol. The van der Waals surface area contributed by atoms with Crippen LogP contribution in [0, 0.1) is 6.92 Å². The van der Waals surface area contributed by atoms with Gasteiger partial charge >= 0.3 is 0 Å². The van der Waals surface area contributed by atoms with Crippen molar-refractivity contribution in [2.24, 2.45) is 0 Å². The zero-order valence-electron chi connectivity index (χ0n) is 11.6. The summed E-state index contributed by atoms with van der Waals surface area (Å²) in [6.45, 7) is 4.94. The number of hydrogen-bond donors (Lipinski definition) is 1. The molecule has 1 N–H and O–H groups in total. The quantitative estimate of drug-likeness (QED) is 0.933. The minimum absolute atomic E-state index is 0.569. The number of piperidine rings is 1. The van der Waals surface area contributed by atoms with Gasteiger partial charge in [0.25, 0.3) is 0 Å². The smallest absolute Gasteiger partial charge is 0.225 e. The van der Waals surface area contributed by atoms with Crippen LogP contribution in [0.5, 0.6) is 0 Å². The second kappa shape index (κ2) is 6.28. The lowest BCUT2D eigenvalue weighted by molar-refractivity contribution is 0.411. The van der Waals surface area contributed by atoms with Crippen molar-refractivity contribution in [1.29, 1.82) is 0 Å². The van der Waals surface area contributed by atoms with Gasteiger partial charge in [-0.2, -0.15) is 0 Å². The number of hydrogen-bond acceptors (Lipinski definition) is 6. The van der Waals surface area contributed by atoms with E-state index in [0.717, 1.165) is 44.1 Å². The first-order valence-corrected chi connectivity index (χ1v) is 7.85. The van der Waals surface area contributed by atoms with Crippen molar-refractivity contribution in [2.75, 3.05) is 18.0 Å². The van der Waals surface area contributed by atoms with E-state index in [0.29, 0.717) is 6.04 Å². The number of aryl methyl sites for hydroxylation is 1. The SMILES string of the molecule is Cc1csc(CNC2CCN(c3ncccn3)CC2)n1. The molecule has 3 heterocycles. The first kappa shape index (κ1) is 13.5. The fraction of sp³-hybridized carbons (Fsp3) is 0.500. The molecule has 0 atom stereocenters. The van der Waals surface area contributed by atoms with Crippen LogP contribution in [0.1, 0.15) is 23.5 Å². The van der Waals surface area contributed by atoms with Crippen LogP contribution in [-0.2, 0) is 6.54 Å². The van der Waals surface area contributed by atoms with Crippen molar-refractivity contribution in [2.45, 2.75) is 32.4 Å². The van der Waals surface area contributed by atoms with Gasteiger partial charge in [-0.1, -0.05) is 0 Å². The Morgan fingerprint density at radius 1 is 1.30 bits per heavy atom. The predicted molar refractivity (Wildman–Crippen MR) is 81.0 cm³/mol. The third-order valence-corrected chi connectivity index (χ3v) is 4.51. The molecule has 1 fully saturated rings. The van der Waals surface area contributed by atoms with Crippen molar-refractivity contribution in [3.8, 4) is 0 Å². The van der Waals surface area contributed by atoms with Gasteiger partial charge in [0.05, 0.1) is 0 Å². The van der Waals surface area contributed by atoms with Gasteiger partial charge in [-0.3, -0.25) is 0 Å². The predicted octanol–water partition coefficient (Wildman–Crippen LogP) is 2.00. The van der Waals surface area contributed by atoms with E-state index in [9.17, 15) is 0 Å². The summed E-state index contributed by atoms with van der Waals surface area (Å²) in [6, 6.07) is 2.42. The molecule has 0 radical (unpaired) electrons. The van der Waals surface area contributed by atoms with Gasteiger partial charge in [0.2, 0.25) is 5.95 Å². The molecule has 1 saturated heterocycles. The molecule has 20 heavy (non-hydrogen) atoms. The van der Waals surface area contributed by atoms with E-state index in [2.05, 4.69) is 30.5 Å². The van der Waals surface area contributed by atoms with E-state index in [1.807, 2.05) is 13.0 Å². The van der Waals surface area contributed by atoms with Gasteiger partial charge in [0.1, 0.15) is 5.01 Å². The van der Waals surface area contributed by atoms with Crippen LogP contribution in [0.15, 0.2) is 23.8 Å². The van der Waals surface area contributed by atoms with Crippen molar-refractivity contribution < 1.29 is 0 Å². The molecular weight excluding hydrogens is 270 g/mol. The van der Waals surface area contributed by atoms with Crippen LogP contribution < -0.4 is 10.2 Å². The van der Waals surface area contributed by atoms with Gasteiger partial charge in [-0.15, -0.1) is 11.3 Å². The largest absolute Gasteiger partial charge is 0.341 e. The Morgan fingerprint density at radius 2 is 2.05 bits per heavy atom. The molecule has 0 saturated carbocycles. The van der Waals surface area contributed by atoms with Crippen LogP contribution in [0.4, 0.5) is 5.95 Å². The second-order valence-electron chi connectivity index (χ2n) is 5.07. The van der Waals surface area contributed by atoms with Crippen molar-refractivity contribution in [3.05, 3.63) is 34.5 Å². The standard InChI is InChI=1S/C14H19N5S/c1-11-10-20-13(18-11)9-17-12-3-7-19(8-4-12)14-15-5-2-6-16-14/h2,5-6,10,12,17H,3-4,7-9H2,1H3. The Kier molecular flexibility index (Phi) is 4.22. The Labute approximate surface area is 123 Å². The zero-order valence-corrected chi connectivity index (χ0v) is 12.4. The molecule has 0 spiro atoms. The number of aromatic nitrogens is 3. The highest BCUT2D eigenvalue weighted by Crippen LogP contribution is 2.16. The third-order valence-electron chi connectivity index (χ3n) is 3.54. The maximum atomic E-state index is 4.48. The molecule has 0 unspecified atom stereocenters. The molecule has 0 bridgehead atoms. The van der Waals surface area contributed by atoms with Crippen LogP contribution in [0.25, 0.3) is 0 Å². The lowest BCUT2D eigenvalue weighted by Gasteiger charge is -2.32. The van der Waals surface area contributed by atoms with Crippen molar-refractivity contribution in [1.82, 2.24) is 20.3 Å². The molecule has 2 aromatic rings. The third kappa shape index (κ3) is 3.32. The molecule has 0 aromatic carbocycles. The van der Waals surface area contributed by atoms with Crippen LogP contribution >= 0.6 is 11.3 Å². The fourth-order valence-corrected chi connectivity index (χ4v) is 3.18. The number of nitrogens with one attached hydrogen (secondary N) is 1. The van der Waals surface area contributed by atoms with E-state index in [1.54, 1.807) is 23.7 Å². The summed E-state index contributed by atoms with van der Waals surface area (Å²) in [5.41, 5.74) is 1.11. The highest BCUT2D eigenvalue weighted by molar-refractivity contribution is 7.09. The summed E-state index contributed by atoms with van der Waals surface area (Å²) in [5.74, 6) is 0.849. The molecule has 3 rings (SSSR count). The molecule has 2 aromatic heterocycles.